The van der Waals surface area contributed by atoms with Crippen molar-refractivity contribution in [2.24, 2.45) is 0 Å². The number of halogens is 1. The van der Waals surface area contributed by atoms with Crippen molar-refractivity contribution >= 4 is 28.0 Å². The monoisotopic (exact) mass is 406 g/mol. The molecule has 0 spiro atoms. The second kappa shape index (κ2) is 7.48. The molecule has 130 valence electrons. The van der Waals surface area contributed by atoms with E-state index in [0.29, 0.717) is 22.8 Å². The quantitative estimate of drug-likeness (QED) is 0.603. The minimum atomic E-state index is -0.489. The molecule has 1 N–H and O–H groups in total. The smallest absolute Gasteiger partial charge is 0.331 e. The van der Waals surface area contributed by atoms with E-state index < -0.39 is 5.97 Å². The normalized spacial score (nSPS) is 12.4. The fraction of sp³-hybridized carbons (Fsp3) is 0.167. The van der Waals surface area contributed by atoms with Crippen molar-refractivity contribution in [3.8, 4) is 23.0 Å². The average molecular weight is 407 g/mol. The van der Waals surface area contributed by atoms with E-state index in [1.54, 1.807) is 30.3 Å². The second-order valence-electron chi connectivity index (χ2n) is 5.17. The minimum absolute atomic E-state index is 0.0369. The molecule has 2 aromatic rings. The first kappa shape index (κ1) is 17.2. The van der Waals surface area contributed by atoms with Gasteiger partial charge in [0.05, 0.1) is 7.11 Å². The van der Waals surface area contributed by atoms with Crippen molar-refractivity contribution in [3.05, 3.63) is 52.0 Å². The maximum absolute atomic E-state index is 11.9. The number of benzene rings is 2. The Hall–Kier alpha value is -2.67. The van der Waals surface area contributed by atoms with Crippen LogP contribution in [0, 0.1) is 0 Å². The maximum Gasteiger partial charge on any atom is 0.331 e. The van der Waals surface area contributed by atoms with Gasteiger partial charge in [0.2, 0.25) is 6.79 Å². The summed E-state index contributed by atoms with van der Waals surface area (Å²) in [5, 5.41) is 9.55. The SMILES string of the molecule is COc1cc(/C=C/C(=O)OCc2cc3c(cc2Br)OCO3)ccc1O. The van der Waals surface area contributed by atoms with Gasteiger partial charge in [-0.25, -0.2) is 4.79 Å². The van der Waals surface area contributed by atoms with Crippen LogP contribution in [0.1, 0.15) is 11.1 Å². The molecule has 1 aliphatic heterocycles. The Morgan fingerprint density at radius 1 is 1.28 bits per heavy atom. The van der Waals surface area contributed by atoms with Crippen molar-refractivity contribution in [2.45, 2.75) is 6.61 Å². The van der Waals surface area contributed by atoms with Gasteiger partial charge in [-0.2, -0.15) is 0 Å². The molecule has 0 unspecified atom stereocenters. The van der Waals surface area contributed by atoms with Crippen LogP contribution in [0.5, 0.6) is 23.0 Å². The third-order valence-electron chi connectivity index (χ3n) is 3.53. The Morgan fingerprint density at radius 3 is 2.80 bits per heavy atom. The Balaban J connectivity index is 1.61. The number of rotatable bonds is 5. The first-order chi connectivity index (χ1) is 12.1. The number of ether oxygens (including phenoxy) is 4. The lowest BCUT2D eigenvalue weighted by atomic mass is 10.2. The molecule has 25 heavy (non-hydrogen) atoms. The number of carbonyl (C=O) groups is 1. The molecule has 3 rings (SSSR count). The molecule has 0 saturated carbocycles. The van der Waals surface area contributed by atoms with Crippen molar-refractivity contribution < 1.29 is 28.8 Å². The fourth-order valence-corrected chi connectivity index (χ4v) is 2.67. The largest absolute Gasteiger partial charge is 0.504 e. The molecule has 0 aromatic heterocycles. The summed E-state index contributed by atoms with van der Waals surface area (Å²) in [5.41, 5.74) is 1.48. The summed E-state index contributed by atoms with van der Waals surface area (Å²) in [5.74, 6) is 1.16. The van der Waals surface area contributed by atoms with Crippen molar-refractivity contribution in [3.63, 3.8) is 0 Å². The average Bonchev–Trinajstić information content (AvgIpc) is 3.06. The number of carbonyl (C=O) groups excluding carboxylic acids is 1. The third kappa shape index (κ3) is 4.06. The van der Waals surface area contributed by atoms with Gasteiger partial charge in [0.1, 0.15) is 6.61 Å². The zero-order valence-electron chi connectivity index (χ0n) is 13.3. The minimum Gasteiger partial charge on any atom is -0.504 e. The van der Waals surface area contributed by atoms with Crippen LogP contribution in [0.25, 0.3) is 6.08 Å². The van der Waals surface area contributed by atoms with Crippen LogP contribution >= 0.6 is 15.9 Å². The predicted molar refractivity (Wildman–Crippen MR) is 93.8 cm³/mol. The molecule has 2 aromatic carbocycles. The lowest BCUT2D eigenvalue weighted by Crippen LogP contribution is -2.01. The highest BCUT2D eigenvalue weighted by Crippen LogP contribution is 2.37. The Bertz CT molecular complexity index is 831. The molecular weight excluding hydrogens is 392 g/mol. The summed E-state index contributed by atoms with van der Waals surface area (Å²) in [6, 6.07) is 8.33. The summed E-state index contributed by atoms with van der Waals surface area (Å²) in [6.45, 7) is 0.281. The highest BCUT2D eigenvalue weighted by atomic mass is 79.9. The number of phenols is 1. The molecule has 0 saturated heterocycles. The molecule has 0 bridgehead atoms. The fourth-order valence-electron chi connectivity index (χ4n) is 2.23. The van der Waals surface area contributed by atoms with Gasteiger partial charge < -0.3 is 24.1 Å². The van der Waals surface area contributed by atoms with Gasteiger partial charge >= 0.3 is 5.97 Å². The number of methoxy groups -OCH3 is 1. The van der Waals surface area contributed by atoms with Gasteiger partial charge in [0.15, 0.2) is 23.0 Å². The van der Waals surface area contributed by atoms with Crippen LogP contribution in [0.2, 0.25) is 0 Å². The number of hydrogen-bond acceptors (Lipinski definition) is 6. The highest BCUT2D eigenvalue weighted by Gasteiger charge is 2.16. The lowest BCUT2D eigenvalue weighted by molar-refractivity contribution is -0.138. The molecular formula is C18H15BrO6. The van der Waals surface area contributed by atoms with Gasteiger partial charge in [-0.1, -0.05) is 22.0 Å². The predicted octanol–water partition coefficient (Wildman–Crippen LogP) is 3.65. The number of phenolic OH excluding ortho intramolecular Hbond substituents is 1. The van der Waals surface area contributed by atoms with E-state index in [1.807, 2.05) is 0 Å². The third-order valence-corrected chi connectivity index (χ3v) is 4.27. The highest BCUT2D eigenvalue weighted by molar-refractivity contribution is 9.10. The van der Waals surface area contributed by atoms with Crippen LogP contribution in [0.15, 0.2) is 40.9 Å². The van der Waals surface area contributed by atoms with Crippen LogP contribution in [0.3, 0.4) is 0 Å². The molecule has 1 aliphatic rings. The van der Waals surface area contributed by atoms with E-state index in [9.17, 15) is 9.90 Å². The summed E-state index contributed by atoms with van der Waals surface area (Å²) < 4.78 is 21.6. The van der Waals surface area contributed by atoms with Crippen LogP contribution in [-0.2, 0) is 16.1 Å². The molecule has 0 fully saturated rings. The summed E-state index contributed by atoms with van der Waals surface area (Å²) in [6.07, 6.45) is 2.89. The first-order valence-corrected chi connectivity index (χ1v) is 8.16. The van der Waals surface area contributed by atoms with Crippen LogP contribution < -0.4 is 14.2 Å². The number of hydrogen-bond donors (Lipinski definition) is 1. The molecule has 7 heteroatoms. The van der Waals surface area contributed by atoms with Gasteiger partial charge in [-0.3, -0.25) is 0 Å². The summed E-state index contributed by atoms with van der Waals surface area (Å²) >= 11 is 3.42. The topological polar surface area (TPSA) is 74.2 Å². The van der Waals surface area contributed by atoms with E-state index >= 15 is 0 Å². The van der Waals surface area contributed by atoms with Crippen molar-refractivity contribution in [1.82, 2.24) is 0 Å². The van der Waals surface area contributed by atoms with E-state index in [0.717, 1.165) is 10.0 Å². The molecule has 0 amide bonds. The Kier molecular flexibility index (Phi) is 5.14. The number of aromatic hydroxyl groups is 1. The summed E-state index contributed by atoms with van der Waals surface area (Å²) in [4.78, 5) is 11.9. The number of fused-ring (bicyclic) bond motifs is 1. The zero-order chi connectivity index (χ0) is 17.8. The molecule has 6 nitrogen and oxygen atoms in total. The van der Waals surface area contributed by atoms with E-state index in [-0.39, 0.29) is 19.1 Å². The molecule has 0 radical (unpaired) electrons. The Morgan fingerprint density at radius 2 is 2.04 bits per heavy atom. The van der Waals surface area contributed by atoms with Gasteiger partial charge in [0, 0.05) is 16.1 Å². The molecule has 0 atom stereocenters. The maximum atomic E-state index is 11.9. The first-order valence-electron chi connectivity index (χ1n) is 7.36. The van der Waals surface area contributed by atoms with Crippen LogP contribution in [0.4, 0.5) is 0 Å². The van der Waals surface area contributed by atoms with E-state index in [2.05, 4.69) is 15.9 Å². The number of esters is 1. The molecule has 1 heterocycles. The van der Waals surface area contributed by atoms with Crippen molar-refractivity contribution in [2.75, 3.05) is 13.9 Å². The van der Waals surface area contributed by atoms with Gasteiger partial charge in [0.25, 0.3) is 0 Å². The Labute approximate surface area is 152 Å². The van der Waals surface area contributed by atoms with Crippen LogP contribution in [-0.4, -0.2) is 25.0 Å². The van der Waals surface area contributed by atoms with E-state index in [4.69, 9.17) is 18.9 Å². The van der Waals surface area contributed by atoms with Gasteiger partial charge in [-0.05, 0) is 35.9 Å². The summed E-state index contributed by atoms with van der Waals surface area (Å²) in [7, 11) is 1.46. The van der Waals surface area contributed by atoms with E-state index in [1.165, 1.54) is 19.3 Å². The second-order valence-corrected chi connectivity index (χ2v) is 6.02. The van der Waals surface area contributed by atoms with Gasteiger partial charge in [-0.15, -0.1) is 0 Å². The lowest BCUT2D eigenvalue weighted by Gasteiger charge is -2.07. The standard InChI is InChI=1S/C18H15BrO6/c1-22-15-6-11(2-4-14(15)20)3-5-18(21)23-9-12-7-16-17(8-13(12)19)25-10-24-16/h2-8,20H,9-10H2,1H3/b5-3+. The zero-order valence-corrected chi connectivity index (χ0v) is 14.9. The molecule has 0 aliphatic carbocycles. The van der Waals surface area contributed by atoms with Crippen molar-refractivity contribution in [1.29, 1.82) is 0 Å².